The average molecular weight is 285 g/mol. The number of halogens is 1. The number of hydrogen-bond donors (Lipinski definition) is 1. The fourth-order valence-electron chi connectivity index (χ4n) is 1.22. The Bertz CT molecular complexity index is 450. The number of carbonyl (C=O) groups is 1. The number of nitrogens with one attached hydrogen (secondary N) is 1. The van der Waals surface area contributed by atoms with Gasteiger partial charge in [-0.3, -0.25) is 4.79 Å². The lowest BCUT2D eigenvalue weighted by atomic mass is 10.3. The molecule has 0 saturated heterocycles. The summed E-state index contributed by atoms with van der Waals surface area (Å²) in [5, 5.41) is 4.04. The Hall–Kier alpha value is -0.940. The maximum Gasteiger partial charge on any atom is 0.231 e. The van der Waals surface area contributed by atoms with Crippen LogP contribution in [0.5, 0.6) is 0 Å². The first-order valence-electron chi connectivity index (χ1n) is 4.46. The molecule has 0 aliphatic heterocycles. The Morgan fingerprint density at radius 1 is 1.47 bits per heavy atom. The molecule has 0 aliphatic rings. The third kappa shape index (κ3) is 2.54. The van der Waals surface area contributed by atoms with Gasteiger partial charge in [0.2, 0.25) is 5.91 Å². The van der Waals surface area contributed by atoms with Gasteiger partial charge in [0.25, 0.3) is 0 Å². The number of thiazole rings is 1. The van der Waals surface area contributed by atoms with Gasteiger partial charge >= 0.3 is 0 Å². The van der Waals surface area contributed by atoms with Crippen molar-refractivity contribution in [3.8, 4) is 0 Å². The summed E-state index contributed by atoms with van der Waals surface area (Å²) in [5.41, 5.74) is 0.991. The molecule has 2 rings (SSSR count). The average Bonchev–Trinajstić information content (AvgIpc) is 2.68. The van der Waals surface area contributed by atoms with Crippen molar-refractivity contribution in [3.63, 3.8) is 0 Å². The number of nitrogens with zero attached hydrogens (tertiary/aromatic N) is 1. The van der Waals surface area contributed by atoms with E-state index in [2.05, 4.69) is 26.2 Å². The molecule has 0 spiro atoms. The van der Waals surface area contributed by atoms with Gasteiger partial charge in [-0.2, -0.15) is 0 Å². The van der Waals surface area contributed by atoms with Crippen LogP contribution < -0.4 is 5.32 Å². The van der Waals surface area contributed by atoms with Gasteiger partial charge in [-0.05, 0) is 12.1 Å². The molecule has 2 aromatic rings. The van der Waals surface area contributed by atoms with Gasteiger partial charge in [-0.25, -0.2) is 4.98 Å². The predicted molar refractivity (Wildman–Crippen MR) is 65.3 cm³/mol. The van der Waals surface area contributed by atoms with Gasteiger partial charge in [-0.1, -0.05) is 28.1 Å². The third-order valence-corrected chi connectivity index (χ3v) is 3.44. The summed E-state index contributed by atoms with van der Waals surface area (Å²) in [5.74, 6) is -0.0192. The largest absolute Gasteiger partial charge is 0.349 e. The zero-order valence-corrected chi connectivity index (χ0v) is 10.3. The van der Waals surface area contributed by atoms with Crippen LogP contribution >= 0.6 is 27.3 Å². The van der Waals surface area contributed by atoms with Crippen molar-refractivity contribution in [2.45, 2.75) is 6.54 Å². The Morgan fingerprint density at radius 3 is 3.00 bits per heavy atom. The molecule has 0 fully saturated rings. The molecule has 1 N–H and O–H groups in total. The molecule has 1 aromatic heterocycles. The lowest BCUT2D eigenvalue weighted by Crippen LogP contribution is -2.23. The molecule has 0 aliphatic carbocycles. The van der Waals surface area contributed by atoms with Crippen LogP contribution in [0.1, 0.15) is 5.01 Å². The SMILES string of the molecule is O=C(CBr)NCc1nc2ccccc2s1. The molecule has 1 amide bonds. The first-order valence-corrected chi connectivity index (χ1v) is 6.40. The third-order valence-electron chi connectivity index (χ3n) is 1.90. The van der Waals surface area contributed by atoms with E-state index < -0.39 is 0 Å². The van der Waals surface area contributed by atoms with Gasteiger partial charge in [-0.15, -0.1) is 11.3 Å². The van der Waals surface area contributed by atoms with E-state index in [1.807, 2.05) is 24.3 Å². The standard InChI is InChI=1S/C10H9BrN2OS/c11-5-9(14)12-6-10-13-7-3-1-2-4-8(7)15-10/h1-4H,5-6H2,(H,12,14). The maximum absolute atomic E-state index is 11.0. The summed E-state index contributed by atoms with van der Waals surface area (Å²) in [4.78, 5) is 15.4. The highest BCUT2D eigenvalue weighted by atomic mass is 79.9. The topological polar surface area (TPSA) is 42.0 Å². The number of aromatic nitrogens is 1. The van der Waals surface area contributed by atoms with E-state index in [-0.39, 0.29) is 5.91 Å². The first-order chi connectivity index (χ1) is 7.29. The van der Waals surface area contributed by atoms with Crippen LogP contribution in [-0.4, -0.2) is 16.2 Å². The summed E-state index contributed by atoms with van der Waals surface area (Å²) in [6, 6.07) is 7.95. The van der Waals surface area contributed by atoms with Crippen LogP contribution in [0.25, 0.3) is 10.2 Å². The van der Waals surface area contributed by atoms with Crippen LogP contribution in [0.3, 0.4) is 0 Å². The number of rotatable bonds is 3. The number of alkyl halides is 1. The lowest BCUT2D eigenvalue weighted by molar-refractivity contribution is -0.118. The smallest absolute Gasteiger partial charge is 0.231 e. The molecule has 0 atom stereocenters. The lowest BCUT2D eigenvalue weighted by Gasteiger charge is -1.97. The van der Waals surface area contributed by atoms with E-state index >= 15 is 0 Å². The molecule has 3 nitrogen and oxygen atoms in total. The fourth-order valence-corrected chi connectivity index (χ4v) is 2.32. The fraction of sp³-hybridized carbons (Fsp3) is 0.200. The normalized spacial score (nSPS) is 10.5. The van der Waals surface area contributed by atoms with Crippen molar-refractivity contribution in [3.05, 3.63) is 29.3 Å². The highest BCUT2D eigenvalue weighted by Crippen LogP contribution is 2.21. The number of fused-ring (bicyclic) bond motifs is 1. The van der Waals surface area contributed by atoms with Crippen molar-refractivity contribution in [1.29, 1.82) is 0 Å². The van der Waals surface area contributed by atoms with Crippen LogP contribution in [0, 0.1) is 0 Å². The molecule has 0 bridgehead atoms. The predicted octanol–water partition coefficient (Wildman–Crippen LogP) is 2.31. The van der Waals surface area contributed by atoms with Crippen LogP contribution in [0.15, 0.2) is 24.3 Å². The number of benzene rings is 1. The van der Waals surface area contributed by atoms with Gasteiger partial charge in [0.1, 0.15) is 5.01 Å². The minimum atomic E-state index is -0.0192. The Labute approximate surface area is 99.6 Å². The van der Waals surface area contributed by atoms with Crippen molar-refractivity contribution >= 4 is 43.4 Å². The second-order valence-corrected chi connectivity index (χ2v) is 4.66. The summed E-state index contributed by atoms with van der Waals surface area (Å²) in [7, 11) is 0. The van der Waals surface area contributed by atoms with E-state index in [4.69, 9.17) is 0 Å². The maximum atomic E-state index is 11.0. The number of para-hydroxylation sites is 1. The highest BCUT2D eigenvalue weighted by Gasteiger charge is 2.04. The van der Waals surface area contributed by atoms with E-state index in [1.165, 1.54) is 0 Å². The molecule has 0 unspecified atom stereocenters. The number of amides is 1. The minimum absolute atomic E-state index is 0.0192. The summed E-state index contributed by atoms with van der Waals surface area (Å²) < 4.78 is 1.15. The summed E-state index contributed by atoms with van der Waals surface area (Å²) >= 11 is 4.70. The molecule has 15 heavy (non-hydrogen) atoms. The highest BCUT2D eigenvalue weighted by molar-refractivity contribution is 9.09. The van der Waals surface area contributed by atoms with Gasteiger partial charge in [0, 0.05) is 0 Å². The van der Waals surface area contributed by atoms with Crippen LogP contribution in [0.2, 0.25) is 0 Å². The minimum Gasteiger partial charge on any atom is -0.349 e. The number of hydrogen-bond acceptors (Lipinski definition) is 3. The zero-order chi connectivity index (χ0) is 10.7. The van der Waals surface area contributed by atoms with E-state index in [0.717, 1.165) is 15.2 Å². The quantitative estimate of drug-likeness (QED) is 0.879. The van der Waals surface area contributed by atoms with Crippen molar-refractivity contribution in [1.82, 2.24) is 10.3 Å². The second-order valence-electron chi connectivity index (χ2n) is 2.99. The van der Waals surface area contributed by atoms with Gasteiger partial charge in [0.05, 0.1) is 22.1 Å². The van der Waals surface area contributed by atoms with Crippen LogP contribution in [0.4, 0.5) is 0 Å². The Kier molecular flexibility index (Phi) is 3.33. The van der Waals surface area contributed by atoms with E-state index in [9.17, 15) is 4.79 Å². The Morgan fingerprint density at radius 2 is 2.27 bits per heavy atom. The zero-order valence-electron chi connectivity index (χ0n) is 7.87. The summed E-state index contributed by atoms with van der Waals surface area (Å²) in [6.07, 6.45) is 0. The monoisotopic (exact) mass is 284 g/mol. The van der Waals surface area contributed by atoms with Crippen molar-refractivity contribution < 1.29 is 4.79 Å². The van der Waals surface area contributed by atoms with Gasteiger partial charge in [0.15, 0.2) is 0 Å². The van der Waals surface area contributed by atoms with E-state index in [0.29, 0.717) is 11.9 Å². The van der Waals surface area contributed by atoms with Crippen LogP contribution in [-0.2, 0) is 11.3 Å². The van der Waals surface area contributed by atoms with Crippen molar-refractivity contribution in [2.75, 3.05) is 5.33 Å². The number of carbonyl (C=O) groups excluding carboxylic acids is 1. The molecule has 0 saturated carbocycles. The first kappa shape index (κ1) is 10.6. The molecule has 1 heterocycles. The molecule has 5 heteroatoms. The Balaban J connectivity index is 2.12. The molecule has 0 radical (unpaired) electrons. The van der Waals surface area contributed by atoms with Gasteiger partial charge < -0.3 is 5.32 Å². The summed E-state index contributed by atoms with van der Waals surface area (Å²) in [6.45, 7) is 0.504. The molecular weight excluding hydrogens is 276 g/mol. The second kappa shape index (κ2) is 4.72. The molecule has 78 valence electrons. The van der Waals surface area contributed by atoms with E-state index in [1.54, 1.807) is 11.3 Å². The molecular formula is C10H9BrN2OS. The molecule has 1 aromatic carbocycles. The van der Waals surface area contributed by atoms with Crippen molar-refractivity contribution in [2.24, 2.45) is 0 Å².